The van der Waals surface area contributed by atoms with E-state index in [1.54, 1.807) is 6.07 Å². The molecule has 0 spiro atoms. The molecule has 0 atom stereocenters. The molecule has 0 radical (unpaired) electrons. The highest BCUT2D eigenvalue weighted by Crippen LogP contribution is 2.39. The summed E-state index contributed by atoms with van der Waals surface area (Å²) >= 11 is 3.46. The second-order valence-corrected chi connectivity index (χ2v) is 7.55. The third-order valence-corrected chi connectivity index (χ3v) is 5.40. The van der Waals surface area contributed by atoms with Crippen molar-refractivity contribution >= 4 is 21.9 Å². The highest BCUT2D eigenvalue weighted by Gasteiger charge is 2.18. The van der Waals surface area contributed by atoms with Gasteiger partial charge in [-0.1, -0.05) is 101 Å². The lowest BCUT2D eigenvalue weighted by Gasteiger charge is -2.16. The van der Waals surface area contributed by atoms with Gasteiger partial charge in [0.05, 0.1) is 12.7 Å². The topological polar surface area (TPSA) is 26.3 Å². The smallest absolute Gasteiger partial charge is 0.338 e. The largest absolute Gasteiger partial charge is 0.465 e. The minimum absolute atomic E-state index is 0.354. The summed E-state index contributed by atoms with van der Waals surface area (Å²) in [5, 5.41) is 0. The number of halogens is 1. The average molecular weight is 443 g/mol. The lowest BCUT2D eigenvalue weighted by Crippen LogP contribution is -2.04. The van der Waals surface area contributed by atoms with E-state index in [4.69, 9.17) is 4.74 Å². The highest BCUT2D eigenvalue weighted by molar-refractivity contribution is 9.10. The molecule has 0 amide bonds. The molecular formula is C26H19BrO2. The molecular weight excluding hydrogens is 424 g/mol. The number of esters is 1. The molecule has 0 saturated heterocycles. The minimum Gasteiger partial charge on any atom is -0.465 e. The van der Waals surface area contributed by atoms with Gasteiger partial charge >= 0.3 is 5.97 Å². The summed E-state index contributed by atoms with van der Waals surface area (Å²) in [5.74, 6) is -0.354. The molecule has 4 aromatic carbocycles. The Balaban J connectivity index is 1.96. The first-order valence-electron chi connectivity index (χ1n) is 9.31. The molecule has 29 heavy (non-hydrogen) atoms. The quantitative estimate of drug-likeness (QED) is 0.311. The van der Waals surface area contributed by atoms with Crippen molar-refractivity contribution in [3.05, 3.63) is 107 Å². The summed E-state index contributed by atoms with van der Waals surface area (Å²) in [7, 11) is 1.41. The number of methoxy groups -OCH3 is 1. The first-order chi connectivity index (χ1) is 14.2. The molecule has 0 aliphatic carbocycles. The average Bonchev–Trinajstić information content (AvgIpc) is 2.79. The second kappa shape index (κ2) is 8.46. The van der Waals surface area contributed by atoms with Crippen molar-refractivity contribution in [2.75, 3.05) is 7.11 Å². The Morgan fingerprint density at radius 3 is 1.79 bits per heavy atom. The monoisotopic (exact) mass is 442 g/mol. The summed E-state index contributed by atoms with van der Waals surface area (Å²) in [6, 6.07) is 32.5. The summed E-state index contributed by atoms with van der Waals surface area (Å²) in [4.78, 5) is 12.5. The van der Waals surface area contributed by atoms with E-state index in [-0.39, 0.29) is 5.97 Å². The van der Waals surface area contributed by atoms with E-state index < -0.39 is 0 Å². The van der Waals surface area contributed by atoms with E-state index in [0.717, 1.165) is 37.9 Å². The van der Waals surface area contributed by atoms with Gasteiger partial charge in [-0.2, -0.15) is 0 Å². The van der Waals surface area contributed by atoms with Gasteiger partial charge in [0, 0.05) is 4.47 Å². The van der Waals surface area contributed by atoms with Crippen molar-refractivity contribution in [1.29, 1.82) is 0 Å². The minimum atomic E-state index is -0.354. The molecule has 4 aromatic rings. The first-order valence-corrected chi connectivity index (χ1v) is 10.1. The summed E-state index contributed by atoms with van der Waals surface area (Å²) in [6.07, 6.45) is 0. The third kappa shape index (κ3) is 3.87. The molecule has 0 aliphatic heterocycles. The van der Waals surface area contributed by atoms with E-state index in [0.29, 0.717) is 5.56 Å². The van der Waals surface area contributed by atoms with Crippen LogP contribution in [0, 0.1) is 0 Å². The molecule has 3 heteroatoms. The lowest BCUT2D eigenvalue weighted by atomic mass is 9.88. The predicted octanol–water partition coefficient (Wildman–Crippen LogP) is 7.24. The highest BCUT2D eigenvalue weighted by atomic mass is 79.9. The fourth-order valence-corrected chi connectivity index (χ4v) is 3.93. The van der Waals surface area contributed by atoms with Crippen LogP contribution in [0.2, 0.25) is 0 Å². The van der Waals surface area contributed by atoms with Crippen LogP contribution in [0.4, 0.5) is 0 Å². The molecule has 0 aromatic heterocycles. The van der Waals surface area contributed by atoms with Crippen molar-refractivity contribution < 1.29 is 9.53 Å². The van der Waals surface area contributed by atoms with Crippen LogP contribution in [0.5, 0.6) is 0 Å². The van der Waals surface area contributed by atoms with Gasteiger partial charge in [-0.25, -0.2) is 4.79 Å². The van der Waals surface area contributed by atoms with Crippen LogP contribution >= 0.6 is 15.9 Å². The summed E-state index contributed by atoms with van der Waals surface area (Å²) < 4.78 is 5.87. The molecule has 0 saturated carbocycles. The van der Waals surface area contributed by atoms with Crippen LogP contribution in [-0.4, -0.2) is 13.1 Å². The van der Waals surface area contributed by atoms with Crippen LogP contribution in [0.3, 0.4) is 0 Å². The van der Waals surface area contributed by atoms with Crippen LogP contribution < -0.4 is 0 Å². The van der Waals surface area contributed by atoms with Crippen molar-refractivity contribution in [2.45, 2.75) is 0 Å². The fraction of sp³-hybridized carbons (Fsp3) is 0.0385. The lowest BCUT2D eigenvalue weighted by molar-refractivity contribution is 0.0601. The molecule has 4 rings (SSSR count). The zero-order valence-corrected chi connectivity index (χ0v) is 17.5. The molecule has 0 bridgehead atoms. The number of carbonyl (C=O) groups excluding carboxylic acids is 1. The number of benzene rings is 4. The number of hydrogen-bond donors (Lipinski definition) is 0. The Hall–Kier alpha value is -3.17. The van der Waals surface area contributed by atoms with Crippen LogP contribution in [0.1, 0.15) is 10.4 Å². The van der Waals surface area contributed by atoms with Crippen LogP contribution in [-0.2, 0) is 4.74 Å². The van der Waals surface area contributed by atoms with Gasteiger partial charge in [0.2, 0.25) is 0 Å². The van der Waals surface area contributed by atoms with Gasteiger partial charge in [-0.15, -0.1) is 0 Å². The number of carbonyl (C=O) groups is 1. The number of hydrogen-bond acceptors (Lipinski definition) is 2. The molecule has 0 aliphatic rings. The van der Waals surface area contributed by atoms with E-state index in [9.17, 15) is 4.79 Å². The van der Waals surface area contributed by atoms with Crippen molar-refractivity contribution in [2.24, 2.45) is 0 Å². The van der Waals surface area contributed by atoms with Gasteiger partial charge in [0.25, 0.3) is 0 Å². The third-order valence-electron chi connectivity index (χ3n) is 4.91. The first kappa shape index (κ1) is 19.2. The van der Waals surface area contributed by atoms with Crippen molar-refractivity contribution in [3.8, 4) is 33.4 Å². The van der Waals surface area contributed by atoms with Crippen LogP contribution in [0.15, 0.2) is 102 Å². The Morgan fingerprint density at radius 2 is 1.17 bits per heavy atom. The van der Waals surface area contributed by atoms with Crippen molar-refractivity contribution in [3.63, 3.8) is 0 Å². The van der Waals surface area contributed by atoms with Gasteiger partial charge in [0.1, 0.15) is 0 Å². The van der Waals surface area contributed by atoms with Gasteiger partial charge in [0.15, 0.2) is 0 Å². The van der Waals surface area contributed by atoms with Gasteiger partial charge in [-0.3, -0.25) is 0 Å². The summed E-state index contributed by atoms with van der Waals surface area (Å²) in [6.45, 7) is 0. The van der Waals surface area contributed by atoms with E-state index >= 15 is 0 Å². The normalized spacial score (nSPS) is 10.6. The van der Waals surface area contributed by atoms with Gasteiger partial charge < -0.3 is 4.74 Å². The zero-order valence-electron chi connectivity index (χ0n) is 15.9. The SMILES string of the molecule is COC(=O)c1cc(Br)ccc1-c1ccccc1-c1ccccc1-c1ccccc1. The molecule has 2 nitrogen and oxygen atoms in total. The van der Waals surface area contributed by atoms with Crippen molar-refractivity contribution in [1.82, 2.24) is 0 Å². The fourth-order valence-electron chi connectivity index (χ4n) is 3.57. The Morgan fingerprint density at radius 1 is 0.655 bits per heavy atom. The molecule has 0 heterocycles. The zero-order chi connectivity index (χ0) is 20.2. The Bertz CT molecular complexity index is 1170. The van der Waals surface area contributed by atoms with E-state index in [2.05, 4.69) is 46.3 Å². The number of ether oxygens (including phenoxy) is 1. The summed E-state index contributed by atoms with van der Waals surface area (Å²) in [5.41, 5.74) is 6.86. The van der Waals surface area contributed by atoms with E-state index in [1.807, 2.05) is 60.7 Å². The standard InChI is InChI=1S/C26H19BrO2/c1-29-26(28)25-17-19(27)15-16-24(25)23-14-8-7-13-22(23)21-12-6-5-11-20(21)18-9-3-2-4-10-18/h2-17H,1H3. The second-order valence-electron chi connectivity index (χ2n) is 6.64. The molecule has 142 valence electrons. The maximum Gasteiger partial charge on any atom is 0.338 e. The molecule has 0 fully saturated rings. The maximum atomic E-state index is 12.5. The molecule has 0 N–H and O–H groups in total. The predicted molar refractivity (Wildman–Crippen MR) is 122 cm³/mol. The maximum absolute atomic E-state index is 12.5. The molecule has 0 unspecified atom stereocenters. The van der Waals surface area contributed by atoms with E-state index in [1.165, 1.54) is 7.11 Å². The van der Waals surface area contributed by atoms with Crippen LogP contribution in [0.25, 0.3) is 33.4 Å². The Kier molecular flexibility index (Phi) is 5.59. The Labute approximate surface area is 178 Å². The van der Waals surface area contributed by atoms with Gasteiger partial charge in [-0.05, 0) is 45.5 Å². The number of rotatable bonds is 4.